The summed E-state index contributed by atoms with van der Waals surface area (Å²) in [7, 11) is 0.128. The van der Waals surface area contributed by atoms with Crippen molar-refractivity contribution in [1.82, 2.24) is 9.47 Å². The zero-order chi connectivity index (χ0) is 23.8. The van der Waals surface area contributed by atoms with Crippen molar-refractivity contribution in [3.05, 3.63) is 53.2 Å². The molecule has 0 amide bonds. The molecule has 2 fully saturated rings. The van der Waals surface area contributed by atoms with E-state index in [9.17, 15) is 19.2 Å². The SMILES string of the molecule is COc1ccc(S(=O)Cc2c(C(=O)O)c3c(CN4CCOCC4)c(O)ccc3n2C2CC2)cc1. The highest BCUT2D eigenvalue weighted by atomic mass is 32.2. The maximum atomic E-state index is 13.3. The number of methoxy groups -OCH3 is 1. The predicted octanol–water partition coefficient (Wildman–Crippen LogP) is 3.53. The van der Waals surface area contributed by atoms with Crippen molar-refractivity contribution in [3.63, 3.8) is 0 Å². The van der Waals surface area contributed by atoms with Crippen molar-refractivity contribution in [2.45, 2.75) is 36.1 Å². The van der Waals surface area contributed by atoms with Gasteiger partial charge in [0.2, 0.25) is 0 Å². The number of aromatic nitrogens is 1. The number of carboxylic acids is 1. The van der Waals surface area contributed by atoms with Crippen LogP contribution in [-0.4, -0.2) is 63.3 Å². The van der Waals surface area contributed by atoms with Gasteiger partial charge in [-0.25, -0.2) is 4.79 Å². The molecule has 0 spiro atoms. The lowest BCUT2D eigenvalue weighted by Crippen LogP contribution is -2.35. The molecular formula is C25H28N2O6S. The van der Waals surface area contributed by atoms with Gasteiger partial charge >= 0.3 is 5.97 Å². The summed E-state index contributed by atoms with van der Waals surface area (Å²) < 4.78 is 26.0. The van der Waals surface area contributed by atoms with Gasteiger partial charge in [0.15, 0.2) is 0 Å². The van der Waals surface area contributed by atoms with Crippen molar-refractivity contribution in [3.8, 4) is 11.5 Å². The lowest BCUT2D eigenvalue weighted by atomic mass is 10.0. The molecule has 0 bridgehead atoms. The Morgan fingerprint density at radius 1 is 1.15 bits per heavy atom. The van der Waals surface area contributed by atoms with E-state index in [2.05, 4.69) is 4.90 Å². The molecule has 1 saturated heterocycles. The number of phenols is 1. The van der Waals surface area contributed by atoms with Gasteiger partial charge < -0.3 is 24.3 Å². The smallest absolute Gasteiger partial charge is 0.338 e. The van der Waals surface area contributed by atoms with Crippen LogP contribution in [0, 0.1) is 0 Å². The first-order valence-corrected chi connectivity index (χ1v) is 12.7. The van der Waals surface area contributed by atoms with Gasteiger partial charge in [0.25, 0.3) is 0 Å². The van der Waals surface area contributed by atoms with Crippen molar-refractivity contribution in [1.29, 1.82) is 0 Å². The second-order valence-electron chi connectivity index (χ2n) is 8.74. The number of phenolic OH excluding ortho intramolecular Hbond substituents is 1. The standard InChI is InChI=1S/C25H28N2O6S/c1-32-17-4-6-18(7-5-17)34(31)15-21-24(25(29)30)23-19(14-26-10-12-33-13-11-26)22(28)9-8-20(23)27(21)16-2-3-16/h4-9,16,28H,2-3,10-15H2,1H3,(H,29,30). The van der Waals surface area contributed by atoms with Gasteiger partial charge in [-0.2, -0.15) is 0 Å². The molecule has 1 atom stereocenters. The fraction of sp³-hybridized carbons (Fsp3) is 0.400. The zero-order valence-electron chi connectivity index (χ0n) is 19.0. The third-order valence-electron chi connectivity index (χ3n) is 6.56. The fourth-order valence-corrected chi connectivity index (χ4v) is 5.85. The number of hydrogen-bond acceptors (Lipinski definition) is 6. The lowest BCUT2D eigenvalue weighted by molar-refractivity contribution is 0.0340. The summed E-state index contributed by atoms with van der Waals surface area (Å²) in [6, 6.07) is 10.6. The van der Waals surface area contributed by atoms with Gasteiger partial charge in [0, 0.05) is 52.7 Å². The van der Waals surface area contributed by atoms with Crippen LogP contribution < -0.4 is 4.74 Å². The number of hydrogen-bond donors (Lipinski definition) is 2. The molecule has 9 heteroatoms. The van der Waals surface area contributed by atoms with Crippen LogP contribution in [0.3, 0.4) is 0 Å². The Morgan fingerprint density at radius 3 is 2.47 bits per heavy atom. The topological polar surface area (TPSA) is 101 Å². The Morgan fingerprint density at radius 2 is 1.85 bits per heavy atom. The summed E-state index contributed by atoms with van der Waals surface area (Å²) in [6.07, 6.45) is 1.90. The Kier molecular flexibility index (Phi) is 6.33. The summed E-state index contributed by atoms with van der Waals surface area (Å²) in [4.78, 5) is 15.4. The van der Waals surface area contributed by atoms with E-state index in [4.69, 9.17) is 9.47 Å². The number of carboxylic acid groups (broad SMARTS) is 1. The first kappa shape index (κ1) is 22.9. The first-order chi connectivity index (χ1) is 16.5. The average molecular weight is 485 g/mol. The third kappa shape index (κ3) is 4.31. The number of aromatic hydroxyl groups is 1. The molecule has 34 heavy (non-hydrogen) atoms. The molecule has 1 aliphatic carbocycles. The van der Waals surface area contributed by atoms with Crippen molar-refractivity contribution < 1.29 is 28.7 Å². The minimum atomic E-state index is -1.44. The predicted molar refractivity (Wildman–Crippen MR) is 128 cm³/mol. The molecule has 2 heterocycles. The number of morpholine rings is 1. The maximum Gasteiger partial charge on any atom is 0.338 e. The molecule has 3 aromatic rings. The molecule has 1 aromatic heterocycles. The first-order valence-electron chi connectivity index (χ1n) is 11.4. The molecule has 1 aliphatic heterocycles. The van der Waals surface area contributed by atoms with E-state index in [0.29, 0.717) is 47.0 Å². The molecular weight excluding hydrogens is 456 g/mol. The molecule has 5 rings (SSSR count). The molecule has 1 unspecified atom stereocenters. The highest BCUT2D eigenvalue weighted by Crippen LogP contribution is 2.44. The minimum absolute atomic E-state index is 0.0803. The van der Waals surface area contributed by atoms with Gasteiger partial charge in [-0.3, -0.25) is 9.11 Å². The minimum Gasteiger partial charge on any atom is -0.508 e. The van der Waals surface area contributed by atoms with E-state index in [1.54, 1.807) is 43.5 Å². The number of fused-ring (bicyclic) bond motifs is 1. The van der Waals surface area contributed by atoms with Crippen LogP contribution in [0.2, 0.25) is 0 Å². The van der Waals surface area contributed by atoms with Crippen molar-refractivity contribution in [2.24, 2.45) is 0 Å². The van der Waals surface area contributed by atoms with E-state index < -0.39 is 16.8 Å². The number of ether oxygens (including phenoxy) is 2. The van der Waals surface area contributed by atoms with Crippen LogP contribution in [0.15, 0.2) is 41.3 Å². The molecule has 1 saturated carbocycles. The number of carbonyl (C=O) groups is 1. The van der Waals surface area contributed by atoms with Gasteiger partial charge in [0.1, 0.15) is 11.5 Å². The average Bonchev–Trinajstić information content (AvgIpc) is 3.63. The Hall–Kier alpha value is -2.88. The fourth-order valence-electron chi connectivity index (χ4n) is 4.71. The normalized spacial score (nSPS) is 17.7. The number of rotatable bonds is 8. The summed E-state index contributed by atoms with van der Waals surface area (Å²) in [5, 5.41) is 21.6. The van der Waals surface area contributed by atoms with Crippen LogP contribution in [0.4, 0.5) is 0 Å². The summed E-state index contributed by atoms with van der Waals surface area (Å²) in [5.41, 5.74) is 2.08. The van der Waals surface area contributed by atoms with Crippen LogP contribution in [0.25, 0.3) is 10.9 Å². The van der Waals surface area contributed by atoms with E-state index >= 15 is 0 Å². The van der Waals surface area contributed by atoms with E-state index in [1.807, 2.05) is 4.57 Å². The van der Waals surface area contributed by atoms with Gasteiger partial charge in [0.05, 0.1) is 42.4 Å². The van der Waals surface area contributed by atoms with Gasteiger partial charge in [-0.15, -0.1) is 0 Å². The second kappa shape index (κ2) is 9.40. The summed E-state index contributed by atoms with van der Waals surface area (Å²) in [5.74, 6) is -0.240. The van der Waals surface area contributed by atoms with E-state index in [0.717, 1.165) is 31.4 Å². The maximum absolute atomic E-state index is 13.3. The van der Waals surface area contributed by atoms with Gasteiger partial charge in [-0.1, -0.05) is 0 Å². The highest BCUT2D eigenvalue weighted by molar-refractivity contribution is 7.84. The zero-order valence-corrected chi connectivity index (χ0v) is 19.8. The van der Waals surface area contributed by atoms with Crippen molar-refractivity contribution >= 4 is 27.7 Å². The van der Waals surface area contributed by atoms with Crippen LogP contribution in [0.1, 0.15) is 40.5 Å². The van der Waals surface area contributed by atoms with Crippen LogP contribution in [0.5, 0.6) is 11.5 Å². The largest absolute Gasteiger partial charge is 0.508 e. The van der Waals surface area contributed by atoms with Crippen LogP contribution in [-0.2, 0) is 27.8 Å². The van der Waals surface area contributed by atoms with E-state index in [1.165, 1.54) is 0 Å². The van der Waals surface area contributed by atoms with Gasteiger partial charge in [-0.05, 0) is 49.2 Å². The summed E-state index contributed by atoms with van der Waals surface area (Å²) >= 11 is 0. The number of benzene rings is 2. The lowest BCUT2D eigenvalue weighted by Gasteiger charge is -2.27. The highest BCUT2D eigenvalue weighted by Gasteiger charge is 2.34. The molecule has 8 nitrogen and oxygen atoms in total. The number of aromatic carboxylic acids is 1. The third-order valence-corrected chi connectivity index (χ3v) is 7.89. The summed E-state index contributed by atoms with van der Waals surface area (Å²) in [6.45, 7) is 3.09. The second-order valence-corrected chi connectivity index (χ2v) is 10.2. The molecule has 2 N–H and O–H groups in total. The molecule has 2 aromatic carbocycles. The van der Waals surface area contributed by atoms with E-state index in [-0.39, 0.29) is 23.1 Å². The Bertz CT molecular complexity index is 1240. The van der Waals surface area contributed by atoms with Crippen LogP contribution >= 0.6 is 0 Å². The number of nitrogens with zero attached hydrogens (tertiary/aromatic N) is 2. The van der Waals surface area contributed by atoms with Crippen molar-refractivity contribution in [2.75, 3.05) is 33.4 Å². The molecule has 0 radical (unpaired) electrons. The Balaban J connectivity index is 1.62. The quantitative estimate of drug-likeness (QED) is 0.504. The molecule has 2 aliphatic rings. The molecule has 180 valence electrons. The monoisotopic (exact) mass is 484 g/mol. The Labute approximate surface area is 200 Å².